The van der Waals surface area contributed by atoms with Gasteiger partial charge < -0.3 is 34.3 Å². The summed E-state index contributed by atoms with van der Waals surface area (Å²) in [6.07, 6.45) is 5.60. The molecule has 0 aliphatic rings. The second-order valence-electron chi connectivity index (χ2n) is 12.0. The number of aromatic nitrogens is 2. The predicted octanol–water partition coefficient (Wildman–Crippen LogP) is 1.83. The Bertz CT molecular complexity index is 1240. The van der Waals surface area contributed by atoms with Crippen LogP contribution < -0.4 is 30.0 Å². The van der Waals surface area contributed by atoms with E-state index in [1.54, 1.807) is 31.5 Å². The van der Waals surface area contributed by atoms with E-state index < -0.39 is 18.1 Å². The Morgan fingerprint density at radius 3 is 1.48 bits per heavy atom. The molecule has 0 aliphatic carbocycles. The number of carbonyl (C=O) groups excluding carboxylic acids is 1. The van der Waals surface area contributed by atoms with Crippen molar-refractivity contribution in [1.82, 2.24) is 18.9 Å². The number of carboxylic acid groups (broad SMARTS) is 1. The molecule has 11 nitrogen and oxygen atoms in total. The minimum Gasteiger partial charge on any atom is -0.870 e. The fourth-order valence-electron chi connectivity index (χ4n) is 4.46. The van der Waals surface area contributed by atoms with E-state index in [2.05, 4.69) is 0 Å². The summed E-state index contributed by atoms with van der Waals surface area (Å²) >= 11 is 0. The molecule has 0 bridgehead atoms. The van der Waals surface area contributed by atoms with E-state index in [0.717, 1.165) is 18.7 Å². The number of carbonyl (C=O) groups is 2. The number of hydrogen-bond donors (Lipinski definition) is 1. The molecule has 2 N–H and O–H groups in total. The summed E-state index contributed by atoms with van der Waals surface area (Å²) in [4.78, 5) is 52.7. The quantitative estimate of drug-likeness (QED) is 0.227. The molecule has 0 fully saturated rings. The monoisotopic (exact) mass is 644 g/mol. The van der Waals surface area contributed by atoms with E-state index in [1.165, 1.54) is 9.13 Å². The molecular weight excluding hydrogens is 583 g/mol. The zero-order chi connectivity index (χ0) is 32.0. The maximum Gasteiger partial charge on any atom is 1.00 e. The summed E-state index contributed by atoms with van der Waals surface area (Å²) < 4.78 is 8.03. The molecule has 0 aromatic carbocycles. The summed E-state index contributed by atoms with van der Waals surface area (Å²) in [5, 5.41) is 9.34. The molecule has 0 amide bonds. The number of pyridine rings is 2. The smallest absolute Gasteiger partial charge is 0.870 e. The Labute approximate surface area is 289 Å². The van der Waals surface area contributed by atoms with Crippen LogP contribution in [0.4, 0.5) is 0 Å². The average molecular weight is 645 g/mol. The van der Waals surface area contributed by atoms with E-state index in [4.69, 9.17) is 4.74 Å². The summed E-state index contributed by atoms with van der Waals surface area (Å²) in [7, 11) is 7.84. The number of hydrogen-bond acceptors (Lipinski definition) is 8. The Morgan fingerprint density at radius 2 is 1.15 bits per heavy atom. The Kier molecular flexibility index (Phi) is 27.7. The Balaban J connectivity index is -0.000000354. The third kappa shape index (κ3) is 17.3. The van der Waals surface area contributed by atoms with Crippen LogP contribution in [-0.2, 0) is 27.2 Å². The molecule has 46 heavy (non-hydrogen) atoms. The number of likely N-dealkylation sites (N-methyl/N-ethyl adjacent to an activating group) is 2. The van der Waals surface area contributed by atoms with Crippen LogP contribution in [0, 0.1) is 11.8 Å². The number of nitrogens with zero attached hydrogens (tertiary/aromatic N) is 4. The second kappa shape index (κ2) is 25.4. The minimum absolute atomic E-state index is 0. The molecule has 2 unspecified atom stereocenters. The van der Waals surface area contributed by atoms with Gasteiger partial charge in [-0.15, -0.1) is 0 Å². The molecule has 0 radical (unpaired) electrons. The molecule has 0 aliphatic heterocycles. The van der Waals surface area contributed by atoms with Crippen molar-refractivity contribution in [2.24, 2.45) is 11.8 Å². The van der Waals surface area contributed by atoms with Gasteiger partial charge in [0.25, 0.3) is 11.1 Å². The van der Waals surface area contributed by atoms with Crippen LogP contribution >= 0.6 is 0 Å². The molecule has 12 heteroatoms. The first kappa shape index (κ1) is 50.2. The topological polar surface area (TPSA) is 144 Å². The number of esters is 1. The fraction of sp³-hybridized carbons (Fsp3) is 0.647. The fourth-order valence-corrected chi connectivity index (χ4v) is 4.46. The number of carboxylic acids is 1. The maximum atomic E-state index is 12.6. The van der Waals surface area contributed by atoms with Gasteiger partial charge in [-0.1, -0.05) is 54.7 Å². The second-order valence-corrected chi connectivity index (χ2v) is 12.0. The molecule has 2 heterocycles. The molecule has 260 valence electrons. The Morgan fingerprint density at radius 1 is 0.783 bits per heavy atom. The van der Waals surface area contributed by atoms with Crippen molar-refractivity contribution in [3.05, 3.63) is 68.5 Å². The third-order valence-corrected chi connectivity index (χ3v) is 6.67. The predicted molar refractivity (Wildman–Crippen MR) is 183 cm³/mol. The summed E-state index contributed by atoms with van der Waals surface area (Å²) in [5.41, 5.74) is 1.11. The van der Waals surface area contributed by atoms with Gasteiger partial charge in [0.15, 0.2) is 0 Å². The van der Waals surface area contributed by atoms with Crippen LogP contribution in [-0.4, -0.2) is 89.3 Å². The Hall–Kier alpha value is -2.68. The van der Waals surface area contributed by atoms with E-state index in [1.807, 2.05) is 77.8 Å². The van der Waals surface area contributed by atoms with Crippen molar-refractivity contribution in [2.45, 2.75) is 87.2 Å². The zero-order valence-electron chi connectivity index (χ0n) is 28.4. The molecule has 2 atom stereocenters. The molecule has 0 saturated heterocycles. The summed E-state index contributed by atoms with van der Waals surface area (Å²) in [6.45, 7) is 11.6. The third-order valence-electron chi connectivity index (χ3n) is 6.67. The van der Waals surface area contributed by atoms with Crippen molar-refractivity contribution < 1.29 is 43.8 Å². The maximum absolute atomic E-state index is 12.6. The van der Waals surface area contributed by atoms with Gasteiger partial charge in [-0.2, -0.15) is 0 Å². The zero-order valence-corrected chi connectivity index (χ0v) is 28.4. The van der Waals surface area contributed by atoms with E-state index in [0.29, 0.717) is 43.8 Å². The van der Waals surface area contributed by atoms with E-state index >= 15 is 0 Å². The number of rotatable bonds is 15. The SMILES string of the molecule is C.C.CC(C)CC(C(=O)O)n1cccc(CCN(C)C)c1=O.CCOC(=O)C(CC(C)C)n1cccc(CCN(C)C)c1=O.[Li+].[OH-]. The first-order valence-corrected chi connectivity index (χ1v) is 14.8. The first-order chi connectivity index (χ1) is 19.7. The van der Waals surface area contributed by atoms with Gasteiger partial charge in [-0.3, -0.25) is 9.59 Å². The molecule has 0 saturated carbocycles. The van der Waals surface area contributed by atoms with Crippen molar-refractivity contribution in [3.8, 4) is 0 Å². The van der Waals surface area contributed by atoms with Gasteiger partial charge in [0, 0.05) is 36.6 Å². The van der Waals surface area contributed by atoms with Crippen LogP contribution in [0.25, 0.3) is 0 Å². The summed E-state index contributed by atoms with van der Waals surface area (Å²) in [6, 6.07) is 5.85. The molecule has 2 aromatic heterocycles. The normalized spacial score (nSPS) is 11.7. The van der Waals surface area contributed by atoms with Crippen LogP contribution in [0.2, 0.25) is 0 Å². The van der Waals surface area contributed by atoms with Gasteiger partial charge in [0.1, 0.15) is 12.1 Å². The molecule has 2 aromatic rings. The summed E-state index contributed by atoms with van der Waals surface area (Å²) in [5.74, 6) is -0.770. The van der Waals surface area contributed by atoms with Gasteiger partial charge >= 0.3 is 30.8 Å². The average Bonchev–Trinajstić information content (AvgIpc) is 2.89. The van der Waals surface area contributed by atoms with Crippen molar-refractivity contribution in [1.29, 1.82) is 0 Å². The van der Waals surface area contributed by atoms with Crippen LogP contribution in [0.1, 0.15) is 85.5 Å². The molecular formula is C34H61LiN4O7. The standard InChI is InChI=1S/C17H28N2O3.C15H24N2O3.2CH4.Li.H2O/c1-6-22-17(21)15(12-13(2)3)19-10-7-8-14(16(19)20)9-11-18(4)5;1-11(2)10-13(15(19)20)17-8-5-6-12(14(17)18)7-9-16(3)4;;;;/h7-8,10,13,15H,6,9,11-12H2,1-5H3;5-6,8,11,13H,7,9-10H2,1-4H3,(H,19,20);2*1H4;;1H2/q;;;;+1;/p-1. The van der Waals surface area contributed by atoms with Crippen LogP contribution in [0.15, 0.2) is 46.2 Å². The van der Waals surface area contributed by atoms with Crippen molar-refractivity contribution >= 4 is 11.9 Å². The first-order valence-electron chi connectivity index (χ1n) is 14.8. The van der Waals surface area contributed by atoms with Crippen molar-refractivity contribution in [2.75, 3.05) is 47.9 Å². The van der Waals surface area contributed by atoms with Gasteiger partial charge in [-0.25, -0.2) is 9.59 Å². The van der Waals surface area contributed by atoms with Crippen molar-refractivity contribution in [3.63, 3.8) is 0 Å². The van der Waals surface area contributed by atoms with E-state index in [-0.39, 0.29) is 62.2 Å². The van der Waals surface area contributed by atoms with E-state index in [9.17, 15) is 24.3 Å². The minimum atomic E-state index is -0.953. The number of aliphatic carboxylic acids is 1. The van der Waals surface area contributed by atoms with Crippen LogP contribution in [0.5, 0.6) is 0 Å². The van der Waals surface area contributed by atoms with Gasteiger partial charge in [-0.05, 0) is 84.8 Å². The number of ether oxygens (including phenoxy) is 1. The largest absolute Gasteiger partial charge is 1.00 e. The molecule has 0 spiro atoms. The molecule has 2 rings (SSSR count). The van der Waals surface area contributed by atoms with Gasteiger partial charge in [0.2, 0.25) is 0 Å². The van der Waals surface area contributed by atoms with Crippen LogP contribution in [0.3, 0.4) is 0 Å². The van der Waals surface area contributed by atoms with Gasteiger partial charge in [0.05, 0.1) is 6.61 Å².